The number of aryl methyl sites for hydroxylation is 1. The number of hydrogen-bond donors (Lipinski definition) is 0. The quantitative estimate of drug-likeness (QED) is 0.0828. The molecule has 1 nitrogen and oxygen atoms in total. The van der Waals surface area contributed by atoms with Crippen LogP contribution in [0.3, 0.4) is 0 Å². The van der Waals surface area contributed by atoms with Crippen molar-refractivity contribution in [2.45, 2.75) is 181 Å². The van der Waals surface area contributed by atoms with Gasteiger partial charge in [0, 0.05) is 12.0 Å². The lowest BCUT2D eigenvalue weighted by atomic mass is 9.80. The average molecular weight is 529 g/mol. The summed E-state index contributed by atoms with van der Waals surface area (Å²) in [5, 5.41) is 0. The minimum atomic E-state index is 0.199. The van der Waals surface area contributed by atoms with E-state index < -0.39 is 0 Å². The summed E-state index contributed by atoms with van der Waals surface area (Å²) < 4.78 is 1.12. The largest absolute Gasteiger partial charge is 0.320 e. The minimum Gasteiger partial charge on any atom is -0.320 e. The highest BCUT2D eigenvalue weighted by atomic mass is 15.4. The Morgan fingerprint density at radius 3 is 1.32 bits per heavy atom. The lowest BCUT2D eigenvalue weighted by Crippen LogP contribution is -2.56. The maximum Gasteiger partial charge on any atom is 0.122 e. The molecule has 0 saturated heterocycles. The summed E-state index contributed by atoms with van der Waals surface area (Å²) in [7, 11) is 5.03. The first kappa shape index (κ1) is 35.2. The van der Waals surface area contributed by atoms with Crippen LogP contribution in [0.5, 0.6) is 0 Å². The van der Waals surface area contributed by atoms with Crippen molar-refractivity contribution in [3.05, 3.63) is 35.4 Å². The second-order valence-corrected chi connectivity index (χ2v) is 13.3. The van der Waals surface area contributed by atoms with Crippen LogP contribution in [0.15, 0.2) is 24.3 Å². The van der Waals surface area contributed by atoms with E-state index in [0.29, 0.717) is 0 Å². The summed E-state index contributed by atoms with van der Waals surface area (Å²) in [4.78, 5) is 0. The van der Waals surface area contributed by atoms with Gasteiger partial charge in [-0.1, -0.05) is 160 Å². The van der Waals surface area contributed by atoms with Gasteiger partial charge in [-0.3, -0.25) is 0 Å². The molecular formula is C37H70N+. The predicted molar refractivity (Wildman–Crippen MR) is 173 cm³/mol. The van der Waals surface area contributed by atoms with E-state index in [1.807, 2.05) is 0 Å². The maximum atomic E-state index is 2.57. The summed E-state index contributed by atoms with van der Waals surface area (Å²) in [6.07, 6.45) is 32.7. The fourth-order valence-corrected chi connectivity index (χ4v) is 6.49. The molecule has 1 atom stereocenters. The molecule has 0 bridgehead atoms. The van der Waals surface area contributed by atoms with Gasteiger partial charge < -0.3 is 4.48 Å². The molecular weight excluding hydrogens is 458 g/mol. The Bertz CT molecular complexity index is 662. The molecule has 1 aromatic rings. The summed E-state index contributed by atoms with van der Waals surface area (Å²) >= 11 is 0. The van der Waals surface area contributed by atoms with E-state index >= 15 is 0 Å². The van der Waals surface area contributed by atoms with Crippen LogP contribution in [0.2, 0.25) is 0 Å². The Hall–Kier alpha value is -0.820. The van der Waals surface area contributed by atoms with Gasteiger partial charge in [0.25, 0.3) is 0 Å². The zero-order chi connectivity index (χ0) is 28.0. The zero-order valence-electron chi connectivity index (χ0n) is 27.2. The maximum absolute atomic E-state index is 2.57. The van der Waals surface area contributed by atoms with E-state index in [4.69, 9.17) is 0 Å². The Morgan fingerprint density at radius 2 is 0.895 bits per heavy atom. The van der Waals surface area contributed by atoms with E-state index in [1.54, 1.807) is 5.56 Å². The zero-order valence-corrected chi connectivity index (χ0v) is 27.2. The van der Waals surface area contributed by atoms with E-state index in [-0.39, 0.29) is 5.54 Å². The van der Waals surface area contributed by atoms with Gasteiger partial charge in [0.15, 0.2) is 0 Å². The number of rotatable bonds is 26. The normalized spacial score (nSPS) is 13.6. The van der Waals surface area contributed by atoms with Crippen LogP contribution >= 0.6 is 0 Å². The highest BCUT2D eigenvalue weighted by Gasteiger charge is 2.42. The van der Waals surface area contributed by atoms with Crippen molar-refractivity contribution < 1.29 is 4.48 Å². The molecule has 0 aliphatic rings. The van der Waals surface area contributed by atoms with E-state index in [0.717, 1.165) is 4.48 Å². The highest BCUT2D eigenvalue weighted by Crippen LogP contribution is 2.39. The summed E-state index contributed by atoms with van der Waals surface area (Å²) in [5.41, 5.74) is 3.25. The van der Waals surface area contributed by atoms with Crippen molar-refractivity contribution in [1.29, 1.82) is 0 Å². The van der Waals surface area contributed by atoms with E-state index in [1.165, 1.54) is 160 Å². The number of quaternary nitrogens is 1. The van der Waals surface area contributed by atoms with Gasteiger partial charge >= 0.3 is 0 Å². The van der Waals surface area contributed by atoms with Crippen molar-refractivity contribution in [2.75, 3.05) is 20.6 Å². The van der Waals surface area contributed by atoms with Crippen molar-refractivity contribution in [2.24, 2.45) is 0 Å². The first-order valence-corrected chi connectivity index (χ1v) is 17.3. The van der Waals surface area contributed by atoms with Crippen LogP contribution in [0.1, 0.15) is 180 Å². The fourth-order valence-electron chi connectivity index (χ4n) is 6.49. The second kappa shape index (κ2) is 21.9. The molecule has 0 amide bonds. The lowest BCUT2D eigenvalue weighted by molar-refractivity contribution is -0.948. The Labute approximate surface area is 241 Å². The van der Waals surface area contributed by atoms with Gasteiger partial charge in [-0.15, -0.1) is 0 Å². The van der Waals surface area contributed by atoms with Crippen LogP contribution < -0.4 is 0 Å². The van der Waals surface area contributed by atoms with Gasteiger partial charge in [-0.25, -0.2) is 0 Å². The number of nitrogens with zero attached hydrogens (tertiary/aromatic N) is 1. The SMILES string of the molecule is CCCCCCCCCCCCCCCC[N+](C)(C)C(C)(CCCCCCCCCC)c1ccccc1C. The van der Waals surface area contributed by atoms with Crippen molar-refractivity contribution >= 4 is 0 Å². The van der Waals surface area contributed by atoms with Crippen LogP contribution in [0.4, 0.5) is 0 Å². The molecule has 1 heteroatoms. The average Bonchev–Trinajstić information content (AvgIpc) is 2.90. The monoisotopic (exact) mass is 529 g/mol. The third-order valence-electron chi connectivity index (χ3n) is 9.65. The molecule has 0 heterocycles. The van der Waals surface area contributed by atoms with Crippen LogP contribution in [0, 0.1) is 6.92 Å². The minimum absolute atomic E-state index is 0.199. The number of hydrogen-bond acceptors (Lipinski definition) is 0. The molecule has 0 aliphatic carbocycles. The topological polar surface area (TPSA) is 0 Å². The van der Waals surface area contributed by atoms with Crippen molar-refractivity contribution in [1.82, 2.24) is 0 Å². The number of unbranched alkanes of at least 4 members (excludes halogenated alkanes) is 20. The van der Waals surface area contributed by atoms with Gasteiger partial charge in [0.2, 0.25) is 0 Å². The molecule has 0 saturated carbocycles. The van der Waals surface area contributed by atoms with Gasteiger partial charge in [-0.2, -0.15) is 0 Å². The molecule has 0 aromatic heterocycles. The summed E-state index contributed by atoms with van der Waals surface area (Å²) in [5.74, 6) is 0. The second-order valence-electron chi connectivity index (χ2n) is 13.3. The smallest absolute Gasteiger partial charge is 0.122 e. The Balaban J connectivity index is 2.37. The third kappa shape index (κ3) is 14.5. The van der Waals surface area contributed by atoms with Crippen LogP contribution in [-0.4, -0.2) is 25.1 Å². The molecule has 0 N–H and O–H groups in total. The molecule has 222 valence electrons. The molecule has 0 aliphatic heterocycles. The lowest BCUT2D eigenvalue weighted by Gasteiger charge is -2.48. The van der Waals surface area contributed by atoms with Crippen molar-refractivity contribution in [3.8, 4) is 0 Å². The Kier molecular flexibility index (Phi) is 20.3. The van der Waals surface area contributed by atoms with E-state index in [9.17, 15) is 0 Å². The van der Waals surface area contributed by atoms with Gasteiger partial charge in [0.1, 0.15) is 5.54 Å². The molecule has 0 radical (unpaired) electrons. The first-order valence-electron chi connectivity index (χ1n) is 17.3. The first-order chi connectivity index (χ1) is 18.4. The van der Waals surface area contributed by atoms with Crippen molar-refractivity contribution in [3.63, 3.8) is 0 Å². The molecule has 1 aromatic carbocycles. The number of benzene rings is 1. The van der Waals surface area contributed by atoms with Crippen LogP contribution in [-0.2, 0) is 5.54 Å². The molecule has 1 unspecified atom stereocenters. The standard InChI is InChI=1S/C37H70N/c1-7-9-11-13-15-17-18-19-20-21-22-24-26-30-34-38(5,6)37(4,36-32-28-27-31-35(36)3)33-29-25-23-16-14-12-10-8-2/h27-28,31-32H,7-26,29-30,33-34H2,1-6H3/q+1. The summed E-state index contributed by atoms with van der Waals surface area (Å²) in [6.45, 7) is 10.8. The summed E-state index contributed by atoms with van der Waals surface area (Å²) in [6, 6.07) is 9.23. The fraction of sp³-hybridized carbons (Fsp3) is 0.838. The molecule has 1 rings (SSSR count). The molecule has 0 fully saturated rings. The van der Waals surface area contributed by atoms with Gasteiger partial charge in [-0.05, 0) is 38.7 Å². The van der Waals surface area contributed by atoms with Crippen LogP contribution in [0.25, 0.3) is 0 Å². The third-order valence-corrected chi connectivity index (χ3v) is 9.65. The predicted octanol–water partition coefficient (Wildman–Crippen LogP) is 12.3. The van der Waals surface area contributed by atoms with Gasteiger partial charge in [0.05, 0.1) is 20.6 Å². The van der Waals surface area contributed by atoms with E-state index in [2.05, 4.69) is 66.1 Å². The Morgan fingerprint density at radius 1 is 0.526 bits per heavy atom. The molecule has 0 spiro atoms. The highest BCUT2D eigenvalue weighted by molar-refractivity contribution is 5.31. The molecule has 38 heavy (non-hydrogen) atoms.